The lowest BCUT2D eigenvalue weighted by Crippen LogP contribution is -2.28. The maximum Gasteiger partial charge on any atom is 0.326 e. The smallest absolute Gasteiger partial charge is 0.326 e. The average Bonchev–Trinajstić information content (AvgIpc) is 2.74. The number of nitrogens with one attached hydrogen (secondary N) is 1. The number of rotatable bonds is 6. The number of hydrogen-bond acceptors (Lipinski definition) is 3. The van der Waals surface area contributed by atoms with E-state index in [0.29, 0.717) is 25.8 Å². The Bertz CT molecular complexity index is 387. The first-order chi connectivity index (χ1) is 7.99. The highest BCUT2D eigenvalue weighted by Gasteiger charge is 2.11. The summed E-state index contributed by atoms with van der Waals surface area (Å²) in [5, 5.41) is 2.67. The molecule has 3 N–H and O–H groups in total. The first kappa shape index (κ1) is 13.9. The number of unbranched alkanes of at least 4 members (excludes halogenated alkanes) is 2. The van der Waals surface area contributed by atoms with Crippen molar-refractivity contribution in [3.8, 4) is 0 Å². The molecule has 0 aliphatic rings. The summed E-state index contributed by atoms with van der Waals surface area (Å²) < 4.78 is 11.9. The van der Waals surface area contributed by atoms with Crippen LogP contribution in [0.15, 0.2) is 18.7 Å². The van der Waals surface area contributed by atoms with Gasteiger partial charge < -0.3 is 15.1 Å². The largest absolute Gasteiger partial charge is 0.337 e. The van der Waals surface area contributed by atoms with Crippen molar-refractivity contribution in [1.82, 2.24) is 14.9 Å². The van der Waals surface area contributed by atoms with Crippen LogP contribution >= 0.6 is 7.60 Å². The molecule has 0 spiro atoms. The Morgan fingerprint density at radius 2 is 2.12 bits per heavy atom. The highest BCUT2D eigenvalue weighted by Crippen LogP contribution is 2.35. The number of nitrogens with zero attached hydrogens (tertiary/aromatic N) is 2. The van der Waals surface area contributed by atoms with E-state index < -0.39 is 7.60 Å². The minimum atomic E-state index is -3.87. The normalized spacial score (nSPS) is 11.4. The van der Waals surface area contributed by atoms with Gasteiger partial charge in [-0.05, 0) is 12.8 Å². The fourth-order valence-electron chi connectivity index (χ4n) is 1.29. The molecule has 7 nitrogen and oxygen atoms in total. The zero-order chi connectivity index (χ0) is 12.7. The molecule has 96 valence electrons. The lowest BCUT2D eigenvalue weighted by molar-refractivity contribution is 0.242. The minimum absolute atomic E-state index is 0.0948. The molecular weight excluding hydrogens is 245 g/mol. The number of imidazole rings is 1. The van der Waals surface area contributed by atoms with Gasteiger partial charge in [-0.1, -0.05) is 6.42 Å². The number of carbonyl (C=O) groups is 1. The van der Waals surface area contributed by atoms with Crippen LogP contribution in [0.25, 0.3) is 0 Å². The van der Waals surface area contributed by atoms with Crippen molar-refractivity contribution in [2.75, 3.05) is 12.7 Å². The van der Waals surface area contributed by atoms with Gasteiger partial charge in [0.15, 0.2) is 0 Å². The van der Waals surface area contributed by atoms with Crippen molar-refractivity contribution in [2.24, 2.45) is 0 Å². The summed E-state index contributed by atoms with van der Waals surface area (Å²) in [5.74, 6) is 0. The van der Waals surface area contributed by atoms with Crippen LogP contribution in [0.2, 0.25) is 0 Å². The Kier molecular flexibility index (Phi) is 5.34. The molecule has 17 heavy (non-hydrogen) atoms. The zero-order valence-electron chi connectivity index (χ0n) is 9.32. The third-order valence-electron chi connectivity index (χ3n) is 2.14. The summed E-state index contributed by atoms with van der Waals surface area (Å²) in [7, 11) is -3.87. The van der Waals surface area contributed by atoms with E-state index in [1.807, 2.05) is 0 Å². The van der Waals surface area contributed by atoms with E-state index in [4.69, 9.17) is 9.79 Å². The predicted octanol–water partition coefficient (Wildman–Crippen LogP) is 0.789. The van der Waals surface area contributed by atoms with Crippen LogP contribution in [0.4, 0.5) is 4.79 Å². The second kappa shape index (κ2) is 6.54. The molecule has 1 aromatic heterocycles. The molecule has 8 heteroatoms. The molecule has 1 aromatic rings. The van der Waals surface area contributed by atoms with Gasteiger partial charge in [0, 0.05) is 25.1 Å². The molecule has 0 aliphatic carbocycles. The molecule has 0 aromatic carbocycles. The van der Waals surface area contributed by atoms with Crippen molar-refractivity contribution in [1.29, 1.82) is 0 Å². The number of hydrogen-bond donors (Lipinski definition) is 3. The molecule has 0 saturated heterocycles. The first-order valence-corrected chi connectivity index (χ1v) is 7.09. The quantitative estimate of drug-likeness (QED) is 0.518. The van der Waals surface area contributed by atoms with Gasteiger partial charge in [0.1, 0.15) is 6.33 Å². The third-order valence-corrected chi connectivity index (χ3v) is 3.04. The van der Waals surface area contributed by atoms with Crippen LogP contribution in [0.5, 0.6) is 0 Å². The van der Waals surface area contributed by atoms with Gasteiger partial charge in [-0.15, -0.1) is 0 Å². The van der Waals surface area contributed by atoms with Gasteiger partial charge in [0.05, 0.1) is 0 Å². The van der Waals surface area contributed by atoms with Gasteiger partial charge in [0.25, 0.3) is 0 Å². The van der Waals surface area contributed by atoms with Gasteiger partial charge in [-0.25, -0.2) is 9.78 Å². The lowest BCUT2D eigenvalue weighted by atomic mass is 10.2. The number of aromatic nitrogens is 2. The number of carbonyl (C=O) groups excluding carboxylic acids is 1. The summed E-state index contributed by atoms with van der Waals surface area (Å²) in [4.78, 5) is 32.4. The van der Waals surface area contributed by atoms with Crippen molar-refractivity contribution in [3.63, 3.8) is 0 Å². The SMILES string of the molecule is O=C(NCCCCCP(=O)(O)O)n1ccnc1. The van der Waals surface area contributed by atoms with E-state index in [0.717, 1.165) is 0 Å². The Morgan fingerprint density at radius 3 is 2.71 bits per heavy atom. The zero-order valence-corrected chi connectivity index (χ0v) is 10.2. The van der Waals surface area contributed by atoms with Gasteiger partial charge in [-0.3, -0.25) is 9.13 Å². The summed E-state index contributed by atoms with van der Waals surface area (Å²) >= 11 is 0. The van der Waals surface area contributed by atoms with Gasteiger partial charge in [0.2, 0.25) is 0 Å². The highest BCUT2D eigenvalue weighted by molar-refractivity contribution is 7.51. The second-order valence-corrected chi connectivity index (χ2v) is 5.43. The molecular formula is C9H16N3O4P. The summed E-state index contributed by atoms with van der Waals surface area (Å²) in [6.45, 7) is 0.484. The standard InChI is InChI=1S/C9H16N3O4P/c13-9(12-6-5-10-8-12)11-4-2-1-3-7-17(14,15)16/h5-6,8H,1-4,7H2,(H,11,13)(H2,14,15,16). The summed E-state index contributed by atoms with van der Waals surface area (Å²) in [6, 6.07) is -0.252. The average molecular weight is 261 g/mol. The molecule has 0 atom stereocenters. The van der Waals surface area contributed by atoms with Crippen LogP contribution in [-0.2, 0) is 4.57 Å². The van der Waals surface area contributed by atoms with Crippen molar-refractivity contribution in [2.45, 2.75) is 19.3 Å². The Balaban J connectivity index is 2.05. The van der Waals surface area contributed by atoms with E-state index in [1.165, 1.54) is 17.1 Å². The van der Waals surface area contributed by atoms with Crippen LogP contribution in [0, 0.1) is 0 Å². The molecule has 0 bridgehead atoms. The Hall–Kier alpha value is -1.17. The molecule has 1 amide bonds. The molecule has 1 rings (SSSR count). The first-order valence-electron chi connectivity index (χ1n) is 5.30. The number of amides is 1. The molecule has 0 radical (unpaired) electrons. The summed E-state index contributed by atoms with van der Waals surface area (Å²) in [6.07, 6.45) is 6.20. The molecule has 0 saturated carbocycles. The molecule has 0 unspecified atom stereocenters. The van der Waals surface area contributed by atoms with Gasteiger partial charge >= 0.3 is 13.6 Å². The minimum Gasteiger partial charge on any atom is -0.337 e. The Labute approximate surface area is 99.0 Å². The maximum absolute atomic E-state index is 11.4. The molecule has 1 heterocycles. The fraction of sp³-hybridized carbons (Fsp3) is 0.556. The van der Waals surface area contributed by atoms with Crippen molar-refractivity contribution >= 4 is 13.6 Å². The monoisotopic (exact) mass is 261 g/mol. The van der Waals surface area contributed by atoms with Crippen LogP contribution in [-0.4, -0.2) is 38.1 Å². The van der Waals surface area contributed by atoms with E-state index in [9.17, 15) is 9.36 Å². The van der Waals surface area contributed by atoms with E-state index >= 15 is 0 Å². The van der Waals surface area contributed by atoms with E-state index in [1.54, 1.807) is 6.20 Å². The lowest BCUT2D eigenvalue weighted by Gasteiger charge is -2.05. The summed E-state index contributed by atoms with van der Waals surface area (Å²) in [5.41, 5.74) is 0. The fourth-order valence-corrected chi connectivity index (χ4v) is 1.92. The van der Waals surface area contributed by atoms with Crippen molar-refractivity contribution in [3.05, 3.63) is 18.7 Å². The topological polar surface area (TPSA) is 104 Å². The highest BCUT2D eigenvalue weighted by atomic mass is 31.2. The van der Waals surface area contributed by atoms with Crippen LogP contribution in [0.3, 0.4) is 0 Å². The molecule has 0 aliphatic heterocycles. The second-order valence-electron chi connectivity index (χ2n) is 3.65. The maximum atomic E-state index is 11.4. The van der Waals surface area contributed by atoms with Gasteiger partial charge in [-0.2, -0.15) is 0 Å². The van der Waals surface area contributed by atoms with Crippen LogP contribution in [0.1, 0.15) is 19.3 Å². The predicted molar refractivity (Wildman–Crippen MR) is 61.8 cm³/mol. The van der Waals surface area contributed by atoms with E-state index in [-0.39, 0.29) is 12.2 Å². The van der Waals surface area contributed by atoms with E-state index in [2.05, 4.69) is 10.3 Å². The van der Waals surface area contributed by atoms with Crippen LogP contribution < -0.4 is 5.32 Å². The molecule has 0 fully saturated rings. The van der Waals surface area contributed by atoms with Crippen molar-refractivity contribution < 1.29 is 19.1 Å². The Morgan fingerprint density at radius 1 is 1.35 bits per heavy atom. The third kappa shape index (κ3) is 6.21.